The number of para-hydroxylation sites is 1. The van der Waals surface area contributed by atoms with Crippen molar-refractivity contribution in [2.75, 3.05) is 12.4 Å². The van der Waals surface area contributed by atoms with Crippen LogP contribution in [-0.4, -0.2) is 18.0 Å². The number of hydrogen-bond donors (Lipinski definition) is 1. The zero-order valence-electron chi connectivity index (χ0n) is 13.1. The van der Waals surface area contributed by atoms with Crippen LogP contribution in [0.5, 0.6) is 0 Å². The highest BCUT2D eigenvalue weighted by molar-refractivity contribution is 7.25. The van der Waals surface area contributed by atoms with Crippen LogP contribution in [0.3, 0.4) is 0 Å². The minimum atomic E-state index is -0.0939. The first kappa shape index (κ1) is 15.0. The average Bonchev–Trinajstić information content (AvgIpc) is 3.13. The minimum Gasteiger partial charge on any atom is -0.317 e. The molecule has 0 aliphatic heterocycles. The smallest absolute Gasteiger partial charge is 0.240 e. The van der Waals surface area contributed by atoms with Crippen molar-refractivity contribution < 1.29 is 14.4 Å². The Balaban J connectivity index is 1.98. The topological polar surface area (TPSA) is 55.1 Å². The van der Waals surface area contributed by atoms with Gasteiger partial charge in [0.15, 0.2) is 0 Å². The van der Waals surface area contributed by atoms with Crippen molar-refractivity contribution >= 4 is 53.9 Å². The Labute approximate surface area is 146 Å². The van der Waals surface area contributed by atoms with E-state index < -0.39 is 0 Å². The minimum absolute atomic E-state index is 0.0939. The highest BCUT2D eigenvalue weighted by Crippen LogP contribution is 2.44. The van der Waals surface area contributed by atoms with E-state index in [-0.39, 0.29) is 5.91 Å². The molecule has 0 fully saturated rings. The van der Waals surface area contributed by atoms with Gasteiger partial charge in [-0.25, -0.2) is 4.98 Å². The summed E-state index contributed by atoms with van der Waals surface area (Å²) < 4.78 is 3.79. The molecule has 120 valence electrons. The maximum atomic E-state index is 11.6. The molecule has 0 saturated carbocycles. The summed E-state index contributed by atoms with van der Waals surface area (Å²) in [6.07, 6.45) is 3.76. The molecule has 3 heterocycles. The molecule has 1 amide bonds. The first-order valence-electron chi connectivity index (χ1n) is 7.31. The van der Waals surface area contributed by atoms with Gasteiger partial charge in [0.25, 0.3) is 0 Å². The lowest BCUT2D eigenvalue weighted by Crippen LogP contribution is -2.39. The molecule has 0 saturated heterocycles. The Bertz CT molecular complexity index is 1040. The van der Waals surface area contributed by atoms with Crippen LogP contribution in [0, 0.1) is 0 Å². The van der Waals surface area contributed by atoms with E-state index in [1.807, 2.05) is 36.7 Å². The molecule has 7 heteroatoms. The van der Waals surface area contributed by atoms with E-state index in [1.54, 1.807) is 23.2 Å². The van der Waals surface area contributed by atoms with E-state index >= 15 is 0 Å². The molecule has 0 radical (unpaired) electrons. The van der Waals surface area contributed by atoms with Gasteiger partial charge in [0.1, 0.15) is 21.8 Å². The lowest BCUT2D eigenvalue weighted by Gasteiger charge is -2.01. The van der Waals surface area contributed by atoms with Crippen molar-refractivity contribution in [3.8, 4) is 10.6 Å². The number of thiazole rings is 1. The number of pyridine rings is 1. The number of carbonyl (C=O) groups excluding carboxylic acids is 1. The predicted octanol–water partition coefficient (Wildman–Crippen LogP) is 3.48. The van der Waals surface area contributed by atoms with Gasteiger partial charge >= 0.3 is 0 Å². The second-order valence-electron chi connectivity index (χ2n) is 5.24. The fourth-order valence-electron chi connectivity index (χ4n) is 2.58. The van der Waals surface area contributed by atoms with Crippen LogP contribution in [0.25, 0.3) is 30.9 Å². The Morgan fingerprint density at radius 3 is 2.79 bits per heavy atom. The van der Waals surface area contributed by atoms with Crippen molar-refractivity contribution in [3.05, 3.63) is 42.7 Å². The number of hydrogen-bond acceptors (Lipinski definition) is 5. The van der Waals surface area contributed by atoms with Crippen LogP contribution in [0.15, 0.2) is 42.7 Å². The van der Waals surface area contributed by atoms with Crippen molar-refractivity contribution in [2.24, 2.45) is 0 Å². The lowest BCUT2D eigenvalue weighted by atomic mass is 10.2. The zero-order chi connectivity index (χ0) is 16.7. The van der Waals surface area contributed by atoms with Crippen molar-refractivity contribution in [1.29, 1.82) is 0 Å². The zero-order valence-corrected chi connectivity index (χ0v) is 14.7. The van der Waals surface area contributed by atoms with Crippen LogP contribution < -0.4 is 14.9 Å². The molecule has 4 rings (SSSR count). The van der Waals surface area contributed by atoms with E-state index in [1.165, 1.54) is 18.3 Å². The maximum Gasteiger partial charge on any atom is 0.240 e. The third kappa shape index (κ3) is 2.51. The second kappa shape index (κ2) is 5.85. The average molecular weight is 356 g/mol. The largest absolute Gasteiger partial charge is 0.317 e. The van der Waals surface area contributed by atoms with Gasteiger partial charge in [0, 0.05) is 23.1 Å². The molecule has 4 aromatic rings. The maximum absolute atomic E-state index is 11.6. The number of rotatable bonds is 3. The van der Waals surface area contributed by atoms with E-state index in [0.717, 1.165) is 35.9 Å². The standard InChI is InChI=1S/C17H13N3O2S2/c1-10(21)18-16-15(11-7-8-20(22-2)9-14(11)24-16)17-19-12-5-3-4-6-13(12)23-17/h3-9H,1-2H3/p+1. The number of benzene rings is 1. The Morgan fingerprint density at radius 2 is 2.04 bits per heavy atom. The predicted molar refractivity (Wildman–Crippen MR) is 97.4 cm³/mol. The quantitative estimate of drug-likeness (QED) is 0.572. The first-order chi connectivity index (χ1) is 11.7. The van der Waals surface area contributed by atoms with Gasteiger partial charge in [-0.1, -0.05) is 12.1 Å². The summed E-state index contributed by atoms with van der Waals surface area (Å²) in [5.41, 5.74) is 1.93. The van der Waals surface area contributed by atoms with E-state index in [9.17, 15) is 4.79 Å². The summed E-state index contributed by atoms with van der Waals surface area (Å²) in [5, 5.41) is 5.71. The molecule has 5 nitrogen and oxygen atoms in total. The summed E-state index contributed by atoms with van der Waals surface area (Å²) in [6.45, 7) is 1.52. The van der Waals surface area contributed by atoms with Crippen molar-refractivity contribution in [1.82, 2.24) is 4.98 Å². The van der Waals surface area contributed by atoms with E-state index in [0.29, 0.717) is 0 Å². The van der Waals surface area contributed by atoms with Crippen molar-refractivity contribution in [3.63, 3.8) is 0 Å². The molecule has 0 aliphatic rings. The third-order valence-corrected chi connectivity index (χ3v) is 5.72. The van der Waals surface area contributed by atoms with Gasteiger partial charge in [0.2, 0.25) is 18.3 Å². The van der Waals surface area contributed by atoms with Crippen molar-refractivity contribution in [2.45, 2.75) is 6.92 Å². The van der Waals surface area contributed by atoms with E-state index in [2.05, 4.69) is 11.4 Å². The Hall–Kier alpha value is -2.51. The van der Waals surface area contributed by atoms with Crippen LogP contribution in [0.4, 0.5) is 5.00 Å². The number of carbonyl (C=O) groups is 1. The molecule has 3 aromatic heterocycles. The number of fused-ring (bicyclic) bond motifs is 2. The van der Waals surface area contributed by atoms with Gasteiger partial charge < -0.3 is 5.32 Å². The number of amides is 1. The van der Waals surface area contributed by atoms with Gasteiger partial charge in [-0.2, -0.15) is 0 Å². The molecular formula is C17H14N3O2S2+. The summed E-state index contributed by atoms with van der Waals surface area (Å²) in [6, 6.07) is 10.0. The lowest BCUT2D eigenvalue weighted by molar-refractivity contribution is -0.884. The van der Waals surface area contributed by atoms with Gasteiger partial charge in [-0.05, 0) is 12.1 Å². The second-order valence-corrected chi connectivity index (χ2v) is 7.32. The SMILES string of the molecule is CO[n+]1ccc2c(-c3nc4ccccc4s3)c(NC(C)=O)sc2c1. The number of thiophene rings is 1. The monoisotopic (exact) mass is 356 g/mol. The summed E-state index contributed by atoms with van der Waals surface area (Å²) >= 11 is 3.15. The summed E-state index contributed by atoms with van der Waals surface area (Å²) in [4.78, 5) is 21.6. The molecule has 1 N–H and O–H groups in total. The molecule has 0 atom stereocenters. The van der Waals surface area contributed by atoms with Gasteiger partial charge in [0.05, 0.1) is 15.8 Å². The number of aromatic nitrogens is 2. The fourth-order valence-corrected chi connectivity index (χ4v) is 4.84. The Kier molecular flexibility index (Phi) is 3.66. The summed E-state index contributed by atoms with van der Waals surface area (Å²) in [5.74, 6) is -0.0939. The molecule has 24 heavy (non-hydrogen) atoms. The highest BCUT2D eigenvalue weighted by atomic mass is 32.1. The molecular weight excluding hydrogens is 342 g/mol. The van der Waals surface area contributed by atoms with Gasteiger partial charge in [-0.3, -0.25) is 9.63 Å². The van der Waals surface area contributed by atoms with Crippen LogP contribution in [0.1, 0.15) is 6.92 Å². The van der Waals surface area contributed by atoms with Crippen LogP contribution in [-0.2, 0) is 4.79 Å². The third-order valence-electron chi connectivity index (χ3n) is 3.61. The fraction of sp³-hybridized carbons (Fsp3) is 0.118. The normalized spacial score (nSPS) is 11.1. The van der Waals surface area contributed by atoms with Crippen LogP contribution in [0.2, 0.25) is 0 Å². The number of nitrogens with one attached hydrogen (secondary N) is 1. The highest BCUT2D eigenvalue weighted by Gasteiger charge is 2.20. The summed E-state index contributed by atoms with van der Waals surface area (Å²) in [7, 11) is 1.61. The molecule has 0 spiro atoms. The Morgan fingerprint density at radius 1 is 1.21 bits per heavy atom. The van der Waals surface area contributed by atoms with Crippen LogP contribution >= 0.6 is 22.7 Å². The molecule has 0 aliphatic carbocycles. The molecule has 0 unspecified atom stereocenters. The molecule has 0 bridgehead atoms. The first-order valence-corrected chi connectivity index (χ1v) is 8.95. The van der Waals surface area contributed by atoms with Gasteiger partial charge in [-0.15, -0.1) is 22.7 Å². The van der Waals surface area contributed by atoms with E-state index in [4.69, 9.17) is 9.82 Å². The number of anilines is 1. The number of nitrogens with zero attached hydrogens (tertiary/aromatic N) is 2. The molecule has 1 aromatic carbocycles.